The number of hydrogen-bond acceptors (Lipinski definition) is 3. The summed E-state index contributed by atoms with van der Waals surface area (Å²) in [6.07, 6.45) is 0. The maximum absolute atomic E-state index is 12.7. The zero-order valence-corrected chi connectivity index (χ0v) is 12.2. The lowest BCUT2D eigenvalue weighted by molar-refractivity contribution is -0.135. The van der Waals surface area contributed by atoms with Crippen LogP contribution in [0.5, 0.6) is 0 Å². The number of benzene rings is 2. The van der Waals surface area contributed by atoms with E-state index in [2.05, 4.69) is 4.98 Å². The molecule has 1 amide bonds. The Balaban J connectivity index is 2.00. The number of hydrogen-bond donors (Lipinski definition) is 1. The molecule has 0 spiro atoms. The number of aromatic nitrogens is 1. The van der Waals surface area contributed by atoms with Gasteiger partial charge in [0.25, 0.3) is 5.91 Å². The highest BCUT2D eigenvalue weighted by Crippen LogP contribution is 2.18. The Kier molecular flexibility index (Phi) is 4.01. The smallest absolute Gasteiger partial charge is 0.323 e. The van der Waals surface area contributed by atoms with Crippen molar-refractivity contribution in [3.63, 3.8) is 0 Å². The quantitative estimate of drug-likeness (QED) is 0.804. The highest BCUT2D eigenvalue weighted by Gasteiger charge is 2.21. The molecule has 0 atom stereocenters. The summed E-state index contributed by atoms with van der Waals surface area (Å²) in [6, 6.07) is 19.6. The molecule has 0 unspecified atom stereocenters. The molecule has 0 radical (unpaired) electrons. The molecule has 0 saturated carbocycles. The third-order valence-electron chi connectivity index (χ3n) is 3.42. The van der Waals surface area contributed by atoms with Crippen LogP contribution in [-0.2, 0) is 4.79 Å². The van der Waals surface area contributed by atoms with Crippen molar-refractivity contribution < 1.29 is 14.7 Å². The molecule has 0 saturated heterocycles. The average Bonchev–Trinajstić information content (AvgIpc) is 2.59. The fraction of sp³-hybridized carbons (Fsp3) is 0.0556. The molecule has 3 rings (SSSR count). The second-order valence-corrected chi connectivity index (χ2v) is 5.01. The largest absolute Gasteiger partial charge is 0.480 e. The first-order valence-corrected chi connectivity index (χ1v) is 7.09. The number of carboxylic acids is 1. The third kappa shape index (κ3) is 3.18. The van der Waals surface area contributed by atoms with E-state index in [0.29, 0.717) is 11.2 Å². The van der Waals surface area contributed by atoms with E-state index >= 15 is 0 Å². The summed E-state index contributed by atoms with van der Waals surface area (Å²) in [4.78, 5) is 29.4. The van der Waals surface area contributed by atoms with Gasteiger partial charge in [0, 0.05) is 11.1 Å². The van der Waals surface area contributed by atoms with Crippen LogP contribution in [0.3, 0.4) is 0 Å². The Labute approximate surface area is 132 Å². The van der Waals surface area contributed by atoms with E-state index < -0.39 is 18.4 Å². The number of carbonyl (C=O) groups is 2. The maximum atomic E-state index is 12.7. The minimum atomic E-state index is -1.08. The number of nitrogens with zero attached hydrogens (tertiary/aromatic N) is 2. The summed E-state index contributed by atoms with van der Waals surface area (Å²) in [6.45, 7) is -0.419. The van der Waals surface area contributed by atoms with Crippen molar-refractivity contribution in [3.05, 3.63) is 72.4 Å². The van der Waals surface area contributed by atoms with Gasteiger partial charge in [-0.25, -0.2) is 4.98 Å². The number of carboxylic acid groups (broad SMARTS) is 1. The molecule has 5 nitrogen and oxygen atoms in total. The van der Waals surface area contributed by atoms with E-state index in [9.17, 15) is 9.59 Å². The second-order valence-electron chi connectivity index (χ2n) is 5.01. The highest BCUT2D eigenvalue weighted by atomic mass is 16.4. The molecule has 0 fully saturated rings. The molecule has 0 aliphatic heterocycles. The van der Waals surface area contributed by atoms with Gasteiger partial charge in [0.1, 0.15) is 12.2 Å². The van der Waals surface area contributed by atoms with Gasteiger partial charge in [0.15, 0.2) is 0 Å². The van der Waals surface area contributed by atoms with Gasteiger partial charge in [-0.2, -0.15) is 0 Å². The van der Waals surface area contributed by atoms with Crippen LogP contribution in [-0.4, -0.2) is 28.5 Å². The molecular formula is C18H14N2O3. The van der Waals surface area contributed by atoms with Crippen molar-refractivity contribution in [2.45, 2.75) is 0 Å². The Morgan fingerprint density at radius 3 is 2.35 bits per heavy atom. The van der Waals surface area contributed by atoms with Crippen LogP contribution < -0.4 is 4.90 Å². The molecule has 1 heterocycles. The molecule has 1 N–H and O–H groups in total. The van der Waals surface area contributed by atoms with Gasteiger partial charge < -0.3 is 5.11 Å². The van der Waals surface area contributed by atoms with Crippen LogP contribution in [0.15, 0.2) is 66.7 Å². The van der Waals surface area contributed by atoms with Gasteiger partial charge in [0.2, 0.25) is 0 Å². The minimum absolute atomic E-state index is 0.216. The normalized spacial score (nSPS) is 10.4. The molecule has 5 heteroatoms. The van der Waals surface area contributed by atoms with Crippen molar-refractivity contribution in [2.24, 2.45) is 0 Å². The SMILES string of the molecule is O=C(O)CN(C(=O)c1ccc2ccccc2n1)c1ccccc1. The Bertz CT molecular complexity index is 862. The molecule has 3 aromatic rings. The number of aliphatic carboxylic acids is 1. The number of amides is 1. The average molecular weight is 306 g/mol. The summed E-state index contributed by atoms with van der Waals surface area (Å²) >= 11 is 0. The fourth-order valence-electron chi connectivity index (χ4n) is 2.35. The first-order chi connectivity index (χ1) is 11.1. The summed E-state index contributed by atoms with van der Waals surface area (Å²) in [5, 5.41) is 10.0. The van der Waals surface area contributed by atoms with E-state index in [1.54, 1.807) is 42.5 Å². The van der Waals surface area contributed by atoms with Gasteiger partial charge in [-0.3, -0.25) is 14.5 Å². The van der Waals surface area contributed by atoms with Crippen LogP contribution in [0.2, 0.25) is 0 Å². The molecule has 114 valence electrons. The molecule has 0 aliphatic carbocycles. The third-order valence-corrected chi connectivity index (χ3v) is 3.42. The highest BCUT2D eigenvalue weighted by molar-refractivity contribution is 6.07. The van der Waals surface area contributed by atoms with Gasteiger partial charge in [-0.15, -0.1) is 0 Å². The van der Waals surface area contributed by atoms with E-state index in [0.717, 1.165) is 5.39 Å². The van der Waals surface area contributed by atoms with Gasteiger partial charge in [0.05, 0.1) is 5.52 Å². The number of fused-ring (bicyclic) bond motifs is 1. The number of anilines is 1. The van der Waals surface area contributed by atoms with Gasteiger partial charge in [-0.1, -0.05) is 42.5 Å². The topological polar surface area (TPSA) is 70.5 Å². The number of para-hydroxylation sites is 2. The number of rotatable bonds is 4. The monoisotopic (exact) mass is 306 g/mol. The van der Waals surface area contributed by atoms with E-state index in [1.165, 1.54) is 4.90 Å². The summed E-state index contributed by atoms with van der Waals surface area (Å²) in [7, 11) is 0. The first kappa shape index (κ1) is 14.7. The Hall–Kier alpha value is -3.21. The van der Waals surface area contributed by atoms with Crippen molar-refractivity contribution in [1.82, 2.24) is 4.98 Å². The summed E-state index contributed by atoms with van der Waals surface area (Å²) < 4.78 is 0. The minimum Gasteiger partial charge on any atom is -0.480 e. The standard InChI is InChI=1S/C18H14N2O3/c21-17(22)12-20(14-7-2-1-3-8-14)18(23)16-11-10-13-6-4-5-9-15(13)19-16/h1-11H,12H2,(H,21,22). The zero-order chi connectivity index (χ0) is 16.2. The van der Waals surface area contributed by atoms with Crippen molar-refractivity contribution in [2.75, 3.05) is 11.4 Å². The Morgan fingerprint density at radius 1 is 0.913 bits per heavy atom. The molecule has 23 heavy (non-hydrogen) atoms. The van der Waals surface area contributed by atoms with Crippen LogP contribution >= 0.6 is 0 Å². The predicted molar refractivity (Wildman–Crippen MR) is 87.5 cm³/mol. The lowest BCUT2D eigenvalue weighted by Gasteiger charge is -2.20. The lowest BCUT2D eigenvalue weighted by atomic mass is 10.2. The predicted octanol–water partition coefficient (Wildman–Crippen LogP) is 2.97. The molecule has 2 aromatic carbocycles. The second kappa shape index (κ2) is 6.27. The zero-order valence-electron chi connectivity index (χ0n) is 12.2. The number of carbonyl (C=O) groups excluding carboxylic acids is 1. The first-order valence-electron chi connectivity index (χ1n) is 7.09. The van der Waals surface area contributed by atoms with Gasteiger partial charge in [-0.05, 0) is 24.3 Å². The van der Waals surface area contributed by atoms with Crippen LogP contribution in [0.4, 0.5) is 5.69 Å². The Morgan fingerprint density at radius 2 is 1.61 bits per heavy atom. The van der Waals surface area contributed by atoms with Crippen molar-refractivity contribution >= 4 is 28.5 Å². The van der Waals surface area contributed by atoms with Crippen molar-refractivity contribution in [3.8, 4) is 0 Å². The van der Waals surface area contributed by atoms with Crippen molar-refractivity contribution in [1.29, 1.82) is 0 Å². The van der Waals surface area contributed by atoms with Crippen LogP contribution in [0.1, 0.15) is 10.5 Å². The van der Waals surface area contributed by atoms with E-state index in [4.69, 9.17) is 5.11 Å². The summed E-state index contributed by atoms with van der Waals surface area (Å²) in [5.41, 5.74) is 1.44. The lowest BCUT2D eigenvalue weighted by Crippen LogP contribution is -2.36. The fourth-order valence-corrected chi connectivity index (χ4v) is 2.35. The molecule has 1 aromatic heterocycles. The number of pyridine rings is 1. The van der Waals surface area contributed by atoms with E-state index in [1.807, 2.05) is 24.3 Å². The van der Waals surface area contributed by atoms with Gasteiger partial charge >= 0.3 is 5.97 Å². The van der Waals surface area contributed by atoms with Crippen LogP contribution in [0.25, 0.3) is 10.9 Å². The molecule has 0 aliphatic rings. The maximum Gasteiger partial charge on any atom is 0.323 e. The molecular weight excluding hydrogens is 292 g/mol. The van der Waals surface area contributed by atoms with E-state index in [-0.39, 0.29) is 5.69 Å². The van der Waals surface area contributed by atoms with Crippen LogP contribution in [0, 0.1) is 0 Å². The summed E-state index contributed by atoms with van der Waals surface area (Å²) in [5.74, 6) is -1.52. The molecule has 0 bridgehead atoms.